The molecular weight excluding hydrogens is 689 g/mol. The zero-order valence-corrected chi connectivity index (χ0v) is 29.6. The van der Waals surface area contributed by atoms with Crippen LogP contribution in [0, 0.1) is 11.6 Å². The minimum atomic E-state index is -0.813. The number of amides is 1. The molecule has 3 heterocycles. The first-order valence-corrected chi connectivity index (χ1v) is 17.3. The van der Waals surface area contributed by atoms with E-state index in [4.69, 9.17) is 4.84 Å². The molecule has 0 atom stereocenters. The van der Waals surface area contributed by atoms with Crippen molar-refractivity contribution in [1.29, 1.82) is 0 Å². The van der Waals surface area contributed by atoms with E-state index in [1.165, 1.54) is 29.1 Å². The van der Waals surface area contributed by atoms with E-state index >= 15 is 8.78 Å². The van der Waals surface area contributed by atoms with Crippen molar-refractivity contribution in [2.24, 2.45) is 0 Å². The molecule has 6 aromatic rings. The normalized spacial score (nSPS) is 11.3. The molecule has 1 amide bonds. The maximum absolute atomic E-state index is 15.1. The van der Waals surface area contributed by atoms with Crippen molar-refractivity contribution in [3.05, 3.63) is 146 Å². The number of pyridine rings is 1. The number of aromatic nitrogens is 3. The van der Waals surface area contributed by atoms with Crippen LogP contribution in [0.2, 0.25) is 0 Å². The minimum absolute atomic E-state index is 0.120. The second kappa shape index (κ2) is 16.2. The lowest BCUT2D eigenvalue weighted by molar-refractivity contribution is -0.120. The number of halogens is 2. The summed E-state index contributed by atoms with van der Waals surface area (Å²) in [4.78, 5) is 53.7. The first-order chi connectivity index (χ1) is 25.2. The largest absolute Gasteiger partial charge is 0.356 e. The average Bonchev–Trinajstić information content (AvgIpc) is 3.50. The first kappa shape index (κ1) is 36.3. The van der Waals surface area contributed by atoms with Gasteiger partial charge in [0.05, 0.1) is 42.5 Å². The zero-order chi connectivity index (χ0) is 36.8. The number of benzene rings is 3. The fraction of sp³-hybridized carbons (Fsp3) is 0.211. The van der Waals surface area contributed by atoms with Gasteiger partial charge in [-0.2, -0.15) is 0 Å². The zero-order valence-electron chi connectivity index (χ0n) is 28.8. The van der Waals surface area contributed by atoms with E-state index in [1.54, 1.807) is 30.5 Å². The Labute approximate surface area is 302 Å². The average molecular weight is 726 g/mol. The molecular formula is C38H37F2N7O4S. The quantitative estimate of drug-likeness (QED) is 0.128. The Hall–Kier alpha value is -5.54. The van der Waals surface area contributed by atoms with Crippen molar-refractivity contribution in [3.63, 3.8) is 0 Å². The number of fused-ring (bicyclic) bond motifs is 1. The first-order valence-electron chi connectivity index (χ1n) is 16.5. The summed E-state index contributed by atoms with van der Waals surface area (Å²) >= 11 is 1.21. The summed E-state index contributed by atoms with van der Waals surface area (Å²) in [5, 5.41) is 3.00. The topological polar surface area (TPSA) is 123 Å². The number of carbonyl (C=O) groups is 1. The number of anilines is 1. The van der Waals surface area contributed by atoms with Crippen LogP contribution < -0.4 is 27.6 Å². The molecule has 268 valence electrons. The lowest BCUT2D eigenvalue weighted by Crippen LogP contribution is -2.39. The summed E-state index contributed by atoms with van der Waals surface area (Å²) in [6.45, 7) is 2.60. The molecule has 14 heteroatoms. The number of nitrogens with zero attached hydrogens (tertiary/aromatic N) is 4. The monoisotopic (exact) mass is 725 g/mol. The highest BCUT2D eigenvalue weighted by Gasteiger charge is 2.26. The minimum Gasteiger partial charge on any atom is -0.356 e. The molecule has 0 aliphatic carbocycles. The van der Waals surface area contributed by atoms with Gasteiger partial charge in [-0.1, -0.05) is 36.4 Å². The molecule has 3 aromatic heterocycles. The summed E-state index contributed by atoms with van der Waals surface area (Å²) in [6.07, 6.45) is 1.83. The second-order valence-electron chi connectivity index (χ2n) is 12.1. The van der Waals surface area contributed by atoms with E-state index < -0.39 is 29.4 Å². The molecule has 3 aromatic carbocycles. The summed E-state index contributed by atoms with van der Waals surface area (Å²) in [5.41, 5.74) is 7.72. The highest BCUT2D eigenvalue weighted by molar-refractivity contribution is 7.22. The van der Waals surface area contributed by atoms with Crippen molar-refractivity contribution in [2.75, 3.05) is 26.1 Å². The Morgan fingerprint density at radius 1 is 0.923 bits per heavy atom. The van der Waals surface area contributed by atoms with Crippen molar-refractivity contribution in [1.82, 2.24) is 29.9 Å². The second-order valence-corrected chi connectivity index (χ2v) is 13.1. The number of rotatable bonds is 14. The predicted molar refractivity (Wildman–Crippen MR) is 198 cm³/mol. The number of hydrazine groups is 1. The van der Waals surface area contributed by atoms with Crippen LogP contribution in [0.1, 0.15) is 29.3 Å². The Balaban J connectivity index is 1.58. The van der Waals surface area contributed by atoms with E-state index in [9.17, 15) is 14.4 Å². The van der Waals surface area contributed by atoms with Gasteiger partial charge in [-0.25, -0.2) is 18.1 Å². The number of hydrogen-bond acceptors (Lipinski definition) is 9. The molecule has 6 rings (SSSR count). The molecule has 0 spiro atoms. The summed E-state index contributed by atoms with van der Waals surface area (Å²) in [5.74, 6) is -1.79. The van der Waals surface area contributed by atoms with Gasteiger partial charge in [-0.3, -0.25) is 34.3 Å². The highest BCUT2D eigenvalue weighted by Crippen LogP contribution is 2.38. The summed E-state index contributed by atoms with van der Waals surface area (Å²) < 4.78 is 32.6. The van der Waals surface area contributed by atoms with E-state index in [1.807, 2.05) is 61.3 Å². The van der Waals surface area contributed by atoms with Gasteiger partial charge in [0, 0.05) is 36.3 Å². The molecule has 3 N–H and O–H groups in total. The third kappa shape index (κ3) is 7.85. The third-order valence-corrected chi connectivity index (χ3v) is 9.72. The summed E-state index contributed by atoms with van der Waals surface area (Å²) in [6, 6.07) is 23.1. The van der Waals surface area contributed by atoms with Crippen molar-refractivity contribution >= 4 is 33.1 Å². The van der Waals surface area contributed by atoms with Crippen molar-refractivity contribution in [3.8, 4) is 16.1 Å². The maximum Gasteiger partial charge on any atom is 0.337 e. The molecule has 0 saturated carbocycles. The molecule has 0 aliphatic rings. The van der Waals surface area contributed by atoms with Crippen LogP contribution in [0.15, 0.2) is 101 Å². The number of likely N-dealkylation sites (N-methyl/N-ethyl adjacent to an activating group) is 1. The number of nitrogens with one attached hydrogen (secondary N) is 3. The molecule has 0 aliphatic heterocycles. The van der Waals surface area contributed by atoms with E-state index in [0.29, 0.717) is 34.8 Å². The number of carbonyl (C=O) groups excluding carboxylic acids is 1. The van der Waals surface area contributed by atoms with Gasteiger partial charge >= 0.3 is 5.69 Å². The lowest BCUT2D eigenvalue weighted by atomic mass is 10.1. The Morgan fingerprint density at radius 2 is 1.65 bits per heavy atom. The molecule has 0 radical (unpaired) electrons. The Kier molecular flexibility index (Phi) is 11.3. The smallest absolute Gasteiger partial charge is 0.337 e. The van der Waals surface area contributed by atoms with Gasteiger partial charge in [0.15, 0.2) is 0 Å². The van der Waals surface area contributed by atoms with Crippen molar-refractivity contribution < 1.29 is 18.4 Å². The van der Waals surface area contributed by atoms with Gasteiger partial charge in [0.1, 0.15) is 16.5 Å². The van der Waals surface area contributed by atoms with Gasteiger partial charge in [0.2, 0.25) is 5.91 Å². The van der Waals surface area contributed by atoms with Crippen LogP contribution in [-0.2, 0) is 35.7 Å². The predicted octanol–water partition coefficient (Wildman–Crippen LogP) is 5.39. The van der Waals surface area contributed by atoms with Crippen LogP contribution in [0.4, 0.5) is 14.5 Å². The Bertz CT molecular complexity index is 2290. The van der Waals surface area contributed by atoms with E-state index in [-0.39, 0.29) is 40.3 Å². The molecule has 0 saturated heterocycles. The molecule has 0 fully saturated rings. The number of hydrogen-bond donors (Lipinski definition) is 3. The van der Waals surface area contributed by atoms with Gasteiger partial charge in [0.25, 0.3) is 5.56 Å². The fourth-order valence-electron chi connectivity index (χ4n) is 5.98. The Morgan fingerprint density at radius 3 is 2.31 bits per heavy atom. The SMILES string of the molecule is CCNC(=O)Cc1ccc(-n2c(=O)c3c(CN(C)Cc4ccccn4)c(-c4ccc(NNOC)cc4)sc3n(Cc3c(F)cccc3F)c2=O)cc1. The van der Waals surface area contributed by atoms with Gasteiger partial charge < -0.3 is 5.32 Å². The number of thiophene rings is 1. The van der Waals surface area contributed by atoms with Crippen molar-refractivity contribution in [2.45, 2.75) is 33.0 Å². The van der Waals surface area contributed by atoms with Crippen LogP contribution in [-0.4, -0.2) is 45.6 Å². The van der Waals surface area contributed by atoms with Crippen LogP contribution in [0.3, 0.4) is 0 Å². The van der Waals surface area contributed by atoms with Gasteiger partial charge in [-0.15, -0.1) is 16.9 Å². The van der Waals surface area contributed by atoms with Crippen LogP contribution in [0.5, 0.6) is 0 Å². The molecule has 52 heavy (non-hydrogen) atoms. The van der Waals surface area contributed by atoms with Crippen LogP contribution >= 0.6 is 11.3 Å². The maximum atomic E-state index is 15.1. The third-order valence-electron chi connectivity index (χ3n) is 8.41. The lowest BCUT2D eigenvalue weighted by Gasteiger charge is -2.18. The highest BCUT2D eigenvalue weighted by atomic mass is 32.1. The van der Waals surface area contributed by atoms with E-state index in [2.05, 4.69) is 21.3 Å². The van der Waals surface area contributed by atoms with Crippen LogP contribution in [0.25, 0.3) is 26.3 Å². The standard InChI is InChI=1S/C38H37F2N7O4S/c1-4-41-33(48)20-24-11-17-28(18-12-24)47-36(49)34-30(22-45(2)21-27-8-5-6-19-42-27)35(25-13-15-26(16-14-25)43-44-51-3)52-37(34)46(38(47)50)23-29-31(39)9-7-10-32(29)40/h5-19,43-44H,4,20-23H2,1-3H3,(H,41,48). The van der Waals surface area contributed by atoms with E-state index in [0.717, 1.165) is 28.0 Å². The molecule has 0 bridgehead atoms. The fourth-order valence-corrected chi connectivity index (χ4v) is 7.28. The molecule has 11 nitrogen and oxygen atoms in total. The van der Waals surface area contributed by atoms with Gasteiger partial charge in [-0.05, 0) is 79.2 Å². The molecule has 0 unspecified atom stereocenters. The summed E-state index contributed by atoms with van der Waals surface area (Å²) in [7, 11) is 3.38.